The van der Waals surface area contributed by atoms with Crippen LogP contribution in [0.3, 0.4) is 0 Å². The van der Waals surface area contributed by atoms with Gasteiger partial charge >= 0.3 is 0 Å². The lowest BCUT2D eigenvalue weighted by Gasteiger charge is -2.33. The van der Waals surface area contributed by atoms with Gasteiger partial charge in [0, 0.05) is 8.07 Å². The first-order valence-corrected chi connectivity index (χ1v) is 9.41. The summed E-state index contributed by atoms with van der Waals surface area (Å²) in [6.45, 7) is 9.82. The second-order valence-corrected chi connectivity index (χ2v) is 11.4. The summed E-state index contributed by atoms with van der Waals surface area (Å²) >= 11 is 0. The predicted molar refractivity (Wildman–Crippen MR) is 63.9 cm³/mol. The minimum Gasteiger partial charge on any atom is -0.0693 e. The maximum atomic E-state index is 2.56. The fourth-order valence-electron chi connectivity index (χ4n) is 2.32. The van der Waals surface area contributed by atoms with E-state index in [0.717, 1.165) is 11.8 Å². The van der Waals surface area contributed by atoms with Gasteiger partial charge < -0.3 is 0 Å². The molecule has 78 valence electrons. The highest BCUT2D eigenvalue weighted by Gasteiger charge is 2.27. The van der Waals surface area contributed by atoms with Crippen LogP contribution in [0.5, 0.6) is 0 Å². The standard InChI is InChI=1S/C12H26Si/c1-11(2)5-6-12-7-9-13(3,4)10-8-12/h11-12H,5-10H2,1-4H3. The first-order chi connectivity index (χ1) is 5.99. The molecule has 0 unspecified atom stereocenters. The summed E-state index contributed by atoms with van der Waals surface area (Å²) in [4.78, 5) is 0. The first kappa shape index (κ1) is 11.3. The Hall–Kier alpha value is 0.217. The molecule has 0 aliphatic carbocycles. The van der Waals surface area contributed by atoms with Crippen LogP contribution in [0.4, 0.5) is 0 Å². The van der Waals surface area contributed by atoms with Crippen molar-refractivity contribution in [2.75, 3.05) is 0 Å². The Morgan fingerprint density at radius 2 is 1.69 bits per heavy atom. The number of hydrogen-bond donors (Lipinski definition) is 0. The van der Waals surface area contributed by atoms with Crippen LogP contribution in [0, 0.1) is 11.8 Å². The Morgan fingerprint density at radius 3 is 2.15 bits per heavy atom. The van der Waals surface area contributed by atoms with Crippen LogP contribution in [0.25, 0.3) is 0 Å². The van der Waals surface area contributed by atoms with Gasteiger partial charge in [-0.2, -0.15) is 0 Å². The van der Waals surface area contributed by atoms with E-state index in [2.05, 4.69) is 26.9 Å². The predicted octanol–water partition coefficient (Wildman–Crippen LogP) is 4.54. The Bertz CT molecular complexity index is 136. The molecular weight excluding hydrogens is 172 g/mol. The summed E-state index contributed by atoms with van der Waals surface area (Å²) < 4.78 is 0. The summed E-state index contributed by atoms with van der Waals surface area (Å²) in [6.07, 6.45) is 6.05. The van der Waals surface area contributed by atoms with E-state index in [1.54, 1.807) is 24.9 Å². The third-order valence-corrected chi connectivity index (χ3v) is 6.90. The molecule has 1 heteroatoms. The second kappa shape index (κ2) is 4.63. The van der Waals surface area contributed by atoms with Gasteiger partial charge in [0.1, 0.15) is 0 Å². The van der Waals surface area contributed by atoms with Gasteiger partial charge in [-0.3, -0.25) is 0 Å². The van der Waals surface area contributed by atoms with Crippen LogP contribution < -0.4 is 0 Å². The van der Waals surface area contributed by atoms with Crippen LogP contribution in [-0.2, 0) is 0 Å². The SMILES string of the molecule is CC(C)CCC1CC[Si](C)(C)CC1. The molecule has 0 nitrogen and oxygen atoms in total. The Morgan fingerprint density at radius 1 is 1.15 bits per heavy atom. The van der Waals surface area contributed by atoms with Crippen molar-refractivity contribution in [1.29, 1.82) is 0 Å². The summed E-state index contributed by atoms with van der Waals surface area (Å²) in [7, 11) is -0.688. The van der Waals surface area contributed by atoms with Crippen LogP contribution >= 0.6 is 0 Å². The topological polar surface area (TPSA) is 0 Å². The van der Waals surface area contributed by atoms with Crippen LogP contribution in [0.15, 0.2) is 0 Å². The highest BCUT2D eigenvalue weighted by Crippen LogP contribution is 2.34. The van der Waals surface area contributed by atoms with Crippen molar-refractivity contribution in [3.63, 3.8) is 0 Å². The smallest absolute Gasteiger partial charge is 0.0473 e. The van der Waals surface area contributed by atoms with E-state index in [9.17, 15) is 0 Å². The molecule has 0 N–H and O–H groups in total. The van der Waals surface area contributed by atoms with E-state index in [0.29, 0.717) is 0 Å². The average molecular weight is 198 g/mol. The normalized spacial score (nSPS) is 23.8. The molecule has 1 saturated heterocycles. The molecule has 1 aliphatic heterocycles. The van der Waals surface area contributed by atoms with Gasteiger partial charge in [0.15, 0.2) is 0 Å². The monoisotopic (exact) mass is 198 g/mol. The quantitative estimate of drug-likeness (QED) is 0.584. The lowest BCUT2D eigenvalue weighted by molar-refractivity contribution is 0.389. The van der Waals surface area contributed by atoms with E-state index in [-0.39, 0.29) is 0 Å². The molecule has 0 bridgehead atoms. The van der Waals surface area contributed by atoms with Gasteiger partial charge in [0.05, 0.1) is 0 Å². The van der Waals surface area contributed by atoms with Crippen molar-refractivity contribution >= 4 is 8.07 Å². The zero-order valence-electron chi connectivity index (χ0n) is 9.90. The summed E-state index contributed by atoms with van der Waals surface area (Å²) in [5.41, 5.74) is 0. The van der Waals surface area contributed by atoms with E-state index < -0.39 is 8.07 Å². The molecule has 0 saturated carbocycles. The van der Waals surface area contributed by atoms with Gasteiger partial charge in [-0.05, 0) is 11.8 Å². The molecule has 0 spiro atoms. The van der Waals surface area contributed by atoms with Gasteiger partial charge in [0.2, 0.25) is 0 Å². The maximum Gasteiger partial charge on any atom is 0.0473 e. The van der Waals surface area contributed by atoms with Gasteiger partial charge in [0.25, 0.3) is 0 Å². The van der Waals surface area contributed by atoms with Crippen molar-refractivity contribution < 1.29 is 0 Å². The minimum absolute atomic E-state index is 0.688. The molecule has 1 aliphatic rings. The summed E-state index contributed by atoms with van der Waals surface area (Å²) in [5.74, 6) is 2.00. The molecule has 0 amide bonds. The summed E-state index contributed by atoms with van der Waals surface area (Å²) in [6, 6.07) is 3.19. The lowest BCUT2D eigenvalue weighted by Crippen LogP contribution is -2.31. The molecular formula is C12H26Si. The lowest BCUT2D eigenvalue weighted by atomic mass is 9.93. The van der Waals surface area contributed by atoms with Gasteiger partial charge in [-0.1, -0.05) is 64.7 Å². The minimum atomic E-state index is -0.688. The average Bonchev–Trinajstić information content (AvgIpc) is 2.02. The molecule has 0 aromatic carbocycles. The molecule has 1 fully saturated rings. The zero-order chi connectivity index (χ0) is 9.90. The molecule has 0 radical (unpaired) electrons. The van der Waals surface area contributed by atoms with Gasteiger partial charge in [-0.25, -0.2) is 0 Å². The molecule has 1 heterocycles. The molecule has 0 aromatic rings. The molecule has 0 aromatic heterocycles. The van der Waals surface area contributed by atoms with Crippen molar-refractivity contribution in [3.8, 4) is 0 Å². The fraction of sp³-hybridized carbons (Fsp3) is 1.00. The second-order valence-electron chi connectivity index (χ2n) is 6.08. The van der Waals surface area contributed by atoms with E-state index in [1.165, 1.54) is 12.8 Å². The number of rotatable bonds is 3. The maximum absolute atomic E-state index is 2.56. The highest BCUT2D eigenvalue weighted by atomic mass is 28.3. The zero-order valence-corrected chi connectivity index (χ0v) is 10.9. The Labute approximate surface area is 85.1 Å². The summed E-state index contributed by atoms with van der Waals surface area (Å²) in [5, 5.41) is 0. The first-order valence-electron chi connectivity index (χ1n) is 5.99. The van der Waals surface area contributed by atoms with Crippen LogP contribution in [-0.4, -0.2) is 8.07 Å². The largest absolute Gasteiger partial charge is 0.0693 e. The Kier molecular flexibility index (Phi) is 4.02. The van der Waals surface area contributed by atoms with Crippen molar-refractivity contribution in [2.45, 2.75) is 64.7 Å². The van der Waals surface area contributed by atoms with E-state index in [4.69, 9.17) is 0 Å². The number of hydrogen-bond acceptors (Lipinski definition) is 0. The molecule has 0 atom stereocenters. The van der Waals surface area contributed by atoms with Crippen LogP contribution in [0.1, 0.15) is 39.5 Å². The Balaban J connectivity index is 2.18. The third-order valence-electron chi connectivity index (χ3n) is 3.61. The van der Waals surface area contributed by atoms with Crippen LogP contribution in [0.2, 0.25) is 25.2 Å². The van der Waals surface area contributed by atoms with E-state index in [1.807, 2.05) is 0 Å². The highest BCUT2D eigenvalue weighted by molar-refractivity contribution is 6.77. The van der Waals surface area contributed by atoms with Crippen molar-refractivity contribution in [1.82, 2.24) is 0 Å². The van der Waals surface area contributed by atoms with E-state index >= 15 is 0 Å². The third kappa shape index (κ3) is 4.30. The van der Waals surface area contributed by atoms with Gasteiger partial charge in [-0.15, -0.1) is 0 Å². The molecule has 13 heavy (non-hydrogen) atoms. The van der Waals surface area contributed by atoms with Crippen molar-refractivity contribution in [2.24, 2.45) is 11.8 Å². The van der Waals surface area contributed by atoms with Crippen molar-refractivity contribution in [3.05, 3.63) is 0 Å². The fourth-order valence-corrected chi connectivity index (χ4v) is 4.95. The molecule has 1 rings (SSSR count).